The first kappa shape index (κ1) is 10.8. The quantitative estimate of drug-likeness (QED) is 0.663. The van der Waals surface area contributed by atoms with Gasteiger partial charge in [0.05, 0.1) is 6.04 Å². The summed E-state index contributed by atoms with van der Waals surface area (Å²) in [4.78, 5) is 14.4. The van der Waals surface area contributed by atoms with Crippen molar-refractivity contribution in [3.8, 4) is 0 Å². The molecule has 0 N–H and O–H groups in total. The lowest BCUT2D eigenvalue weighted by atomic mass is 9.77. The molecule has 4 unspecified atom stereocenters. The molecule has 0 amide bonds. The van der Waals surface area contributed by atoms with Gasteiger partial charge in [-0.2, -0.15) is 0 Å². The minimum Gasteiger partial charge on any atom is -0.449 e. The third-order valence-electron chi connectivity index (χ3n) is 5.33. The van der Waals surface area contributed by atoms with Gasteiger partial charge in [-0.05, 0) is 31.8 Å². The summed E-state index contributed by atoms with van der Waals surface area (Å²) in [7, 11) is 0. The van der Waals surface area contributed by atoms with E-state index in [0.29, 0.717) is 18.1 Å². The molecule has 2 fully saturated rings. The first-order valence-corrected chi connectivity index (χ1v) is 7.07. The Balaban J connectivity index is 1.85. The first-order chi connectivity index (χ1) is 8.65. The Morgan fingerprint density at radius 2 is 2.33 bits per heavy atom. The third-order valence-corrected chi connectivity index (χ3v) is 5.33. The Morgan fingerprint density at radius 1 is 1.50 bits per heavy atom. The molecule has 4 atom stereocenters. The van der Waals surface area contributed by atoms with Crippen LogP contribution in [0, 0.1) is 0 Å². The summed E-state index contributed by atoms with van der Waals surface area (Å²) in [5, 5.41) is 0. The number of hydrogen-bond acceptors (Lipinski definition) is 3. The van der Waals surface area contributed by atoms with Gasteiger partial charge >= 0.3 is 5.97 Å². The highest BCUT2D eigenvalue weighted by Gasteiger charge is 2.63. The van der Waals surface area contributed by atoms with Gasteiger partial charge in [0.1, 0.15) is 0 Å². The van der Waals surface area contributed by atoms with Crippen molar-refractivity contribution in [1.82, 2.24) is 4.90 Å². The van der Waals surface area contributed by atoms with Gasteiger partial charge in [-0.3, -0.25) is 4.90 Å². The van der Waals surface area contributed by atoms with Crippen LogP contribution in [-0.4, -0.2) is 34.6 Å². The molecule has 96 valence electrons. The van der Waals surface area contributed by atoms with Crippen molar-refractivity contribution < 1.29 is 9.53 Å². The number of rotatable bonds is 1. The molecule has 4 rings (SSSR count). The van der Waals surface area contributed by atoms with Crippen LogP contribution in [0.2, 0.25) is 0 Å². The predicted molar refractivity (Wildman–Crippen MR) is 68.0 cm³/mol. The highest BCUT2D eigenvalue weighted by Crippen LogP contribution is 2.55. The van der Waals surface area contributed by atoms with Crippen LogP contribution in [0.4, 0.5) is 0 Å². The van der Waals surface area contributed by atoms with Crippen molar-refractivity contribution in [2.24, 2.45) is 0 Å². The molecule has 0 aromatic heterocycles. The van der Waals surface area contributed by atoms with Crippen LogP contribution < -0.4 is 0 Å². The van der Waals surface area contributed by atoms with Crippen LogP contribution in [0.1, 0.15) is 39.5 Å². The van der Waals surface area contributed by atoms with Gasteiger partial charge in [0, 0.05) is 30.2 Å². The van der Waals surface area contributed by atoms with Gasteiger partial charge in [-0.1, -0.05) is 13.0 Å². The molecule has 2 bridgehead atoms. The summed E-state index contributed by atoms with van der Waals surface area (Å²) in [6, 6.07) is 1.56. The number of ether oxygens (including phenoxy) is 1. The van der Waals surface area contributed by atoms with Crippen LogP contribution in [0.3, 0.4) is 0 Å². The molecular weight excluding hydrogens is 226 g/mol. The van der Waals surface area contributed by atoms with Crippen LogP contribution in [0.15, 0.2) is 23.3 Å². The number of carbonyl (C=O) groups is 1. The number of carbonyl (C=O) groups excluding carboxylic acids is 1. The van der Waals surface area contributed by atoms with Crippen LogP contribution in [0.5, 0.6) is 0 Å². The molecule has 1 spiro atoms. The molecular formula is C15H19NO2. The van der Waals surface area contributed by atoms with Gasteiger partial charge in [-0.25, -0.2) is 4.79 Å². The molecule has 3 nitrogen and oxygen atoms in total. The van der Waals surface area contributed by atoms with E-state index in [4.69, 9.17) is 4.74 Å². The molecule has 1 aliphatic carbocycles. The van der Waals surface area contributed by atoms with Gasteiger partial charge in [0.25, 0.3) is 0 Å². The highest BCUT2D eigenvalue weighted by molar-refractivity contribution is 5.89. The van der Waals surface area contributed by atoms with E-state index in [2.05, 4.69) is 24.8 Å². The number of fused-ring (bicyclic) bond motifs is 3. The van der Waals surface area contributed by atoms with Gasteiger partial charge < -0.3 is 4.74 Å². The molecule has 2 saturated heterocycles. The minimum atomic E-state index is -0.301. The fourth-order valence-corrected chi connectivity index (χ4v) is 4.72. The van der Waals surface area contributed by atoms with Gasteiger partial charge in [0.15, 0.2) is 5.60 Å². The molecule has 0 radical (unpaired) electrons. The molecule has 4 aliphatic rings. The van der Waals surface area contributed by atoms with Gasteiger partial charge in [0.2, 0.25) is 0 Å². The Labute approximate surface area is 107 Å². The second-order valence-corrected chi connectivity index (χ2v) is 6.09. The summed E-state index contributed by atoms with van der Waals surface area (Å²) in [6.07, 6.45) is 8.66. The lowest BCUT2D eigenvalue weighted by Crippen LogP contribution is -2.44. The van der Waals surface area contributed by atoms with Crippen molar-refractivity contribution >= 4 is 5.97 Å². The van der Waals surface area contributed by atoms with Crippen molar-refractivity contribution in [2.45, 2.75) is 63.3 Å². The maximum absolute atomic E-state index is 11.7. The maximum atomic E-state index is 11.7. The smallest absolute Gasteiger partial charge is 0.332 e. The van der Waals surface area contributed by atoms with E-state index >= 15 is 0 Å². The zero-order valence-corrected chi connectivity index (χ0v) is 11.0. The Morgan fingerprint density at radius 3 is 3.11 bits per heavy atom. The fraction of sp³-hybridized carbons (Fsp3) is 0.667. The number of hydrogen-bond donors (Lipinski definition) is 0. The first-order valence-electron chi connectivity index (χ1n) is 7.07. The summed E-state index contributed by atoms with van der Waals surface area (Å²) in [5.74, 6) is -0.139. The van der Waals surface area contributed by atoms with Crippen molar-refractivity contribution in [3.05, 3.63) is 23.3 Å². The van der Waals surface area contributed by atoms with Crippen molar-refractivity contribution in [3.63, 3.8) is 0 Å². The fourth-order valence-electron chi connectivity index (χ4n) is 4.72. The predicted octanol–water partition coefficient (Wildman–Crippen LogP) is 2.18. The zero-order chi connectivity index (χ0) is 12.5. The van der Waals surface area contributed by atoms with Crippen LogP contribution in [-0.2, 0) is 9.53 Å². The summed E-state index contributed by atoms with van der Waals surface area (Å²) in [5.41, 5.74) is 2.11. The average Bonchev–Trinajstić information content (AvgIpc) is 2.94. The molecule has 3 aliphatic heterocycles. The molecule has 0 saturated carbocycles. The van der Waals surface area contributed by atoms with E-state index in [1.54, 1.807) is 6.08 Å². The molecule has 18 heavy (non-hydrogen) atoms. The SMILES string of the molecule is CCC1CCC2N1C1C=C(C)C3=CC(=O)OC32C1. The maximum Gasteiger partial charge on any atom is 0.332 e. The highest BCUT2D eigenvalue weighted by atomic mass is 16.6. The summed E-state index contributed by atoms with van der Waals surface area (Å²) in [6.45, 7) is 4.39. The topological polar surface area (TPSA) is 29.5 Å². The van der Waals surface area contributed by atoms with E-state index < -0.39 is 0 Å². The summed E-state index contributed by atoms with van der Waals surface area (Å²) >= 11 is 0. The second kappa shape index (κ2) is 3.27. The lowest BCUT2D eigenvalue weighted by Gasteiger charge is -2.33. The molecule has 3 heterocycles. The Kier molecular flexibility index (Phi) is 1.96. The van der Waals surface area contributed by atoms with Crippen molar-refractivity contribution in [1.29, 1.82) is 0 Å². The number of esters is 1. The van der Waals surface area contributed by atoms with E-state index in [-0.39, 0.29) is 11.6 Å². The van der Waals surface area contributed by atoms with Crippen molar-refractivity contribution in [2.75, 3.05) is 0 Å². The summed E-state index contributed by atoms with van der Waals surface area (Å²) < 4.78 is 5.81. The normalized spacial score (nSPS) is 45.4. The lowest BCUT2D eigenvalue weighted by molar-refractivity contribution is -0.147. The largest absolute Gasteiger partial charge is 0.449 e. The Hall–Kier alpha value is -1.09. The monoisotopic (exact) mass is 245 g/mol. The number of nitrogens with zero attached hydrogens (tertiary/aromatic N) is 1. The average molecular weight is 245 g/mol. The van der Waals surface area contributed by atoms with Crippen LogP contribution in [0.25, 0.3) is 0 Å². The molecule has 3 heteroatoms. The zero-order valence-electron chi connectivity index (χ0n) is 11.0. The van der Waals surface area contributed by atoms with E-state index in [1.165, 1.54) is 24.8 Å². The minimum absolute atomic E-state index is 0.139. The van der Waals surface area contributed by atoms with E-state index in [0.717, 1.165) is 12.0 Å². The van der Waals surface area contributed by atoms with E-state index in [1.807, 2.05) is 0 Å². The second-order valence-electron chi connectivity index (χ2n) is 6.09. The third kappa shape index (κ3) is 1.07. The molecule has 0 aromatic rings. The van der Waals surface area contributed by atoms with Crippen LogP contribution >= 0.6 is 0 Å². The van der Waals surface area contributed by atoms with Gasteiger partial charge in [-0.15, -0.1) is 0 Å². The Bertz CT molecular complexity index is 493. The van der Waals surface area contributed by atoms with E-state index in [9.17, 15) is 4.79 Å². The molecule has 0 aromatic carbocycles. The standard InChI is InChI=1S/C15H19NO2/c1-3-10-4-5-13-15-8-11(16(10)13)6-9(2)12(15)7-14(17)18-15/h6-7,10-11,13H,3-5,8H2,1-2H3.